The summed E-state index contributed by atoms with van der Waals surface area (Å²) >= 11 is 5.95. The molecular formula is C16H21ClF2N2O. The van der Waals surface area contributed by atoms with Crippen molar-refractivity contribution in [1.82, 2.24) is 5.32 Å². The van der Waals surface area contributed by atoms with Crippen LogP contribution in [0, 0.1) is 5.92 Å². The van der Waals surface area contributed by atoms with E-state index in [2.05, 4.69) is 5.32 Å². The summed E-state index contributed by atoms with van der Waals surface area (Å²) in [5.74, 6) is -4.09. The number of rotatable bonds is 5. The van der Waals surface area contributed by atoms with Gasteiger partial charge >= 0.3 is 0 Å². The first-order valence-electron chi connectivity index (χ1n) is 7.44. The largest absolute Gasteiger partial charge is 0.368 e. The standard InChI is InChI=1S/C16H21ClF2N2O/c1-15(14(20)22,11-6-4-7-13(17)9-11)21-10-12-5-2-3-8-16(12,18)19/h4,6-7,9,12,21H,2-3,5,8,10H2,1H3,(H2,20,22). The van der Waals surface area contributed by atoms with Gasteiger partial charge in [-0.25, -0.2) is 8.78 Å². The zero-order valence-electron chi connectivity index (χ0n) is 12.5. The molecular weight excluding hydrogens is 310 g/mol. The van der Waals surface area contributed by atoms with E-state index in [0.29, 0.717) is 23.4 Å². The summed E-state index contributed by atoms with van der Waals surface area (Å²) in [6, 6.07) is 6.72. The normalized spacial score (nSPS) is 23.7. The van der Waals surface area contributed by atoms with Crippen LogP contribution in [0.1, 0.15) is 38.2 Å². The average molecular weight is 331 g/mol. The molecule has 2 atom stereocenters. The predicted octanol–water partition coefficient (Wildman–Crippen LogP) is 3.46. The van der Waals surface area contributed by atoms with Gasteiger partial charge in [-0.2, -0.15) is 0 Å². The average Bonchev–Trinajstić information content (AvgIpc) is 2.45. The molecule has 0 aromatic heterocycles. The van der Waals surface area contributed by atoms with Gasteiger partial charge in [0.15, 0.2) is 0 Å². The first-order chi connectivity index (χ1) is 10.3. The fourth-order valence-corrected chi connectivity index (χ4v) is 3.07. The van der Waals surface area contributed by atoms with Gasteiger partial charge in [0.25, 0.3) is 5.92 Å². The van der Waals surface area contributed by atoms with Crippen LogP contribution in [0.4, 0.5) is 8.78 Å². The van der Waals surface area contributed by atoms with E-state index in [0.717, 1.165) is 6.42 Å². The van der Waals surface area contributed by atoms with Crippen molar-refractivity contribution in [3.05, 3.63) is 34.9 Å². The van der Waals surface area contributed by atoms with Crippen LogP contribution < -0.4 is 11.1 Å². The van der Waals surface area contributed by atoms with Gasteiger partial charge in [0.1, 0.15) is 5.54 Å². The number of hydrogen-bond acceptors (Lipinski definition) is 2. The number of amides is 1. The zero-order chi connectivity index (χ0) is 16.4. The van der Waals surface area contributed by atoms with E-state index in [-0.39, 0.29) is 13.0 Å². The van der Waals surface area contributed by atoms with E-state index in [9.17, 15) is 13.6 Å². The van der Waals surface area contributed by atoms with E-state index >= 15 is 0 Å². The third-order valence-electron chi connectivity index (χ3n) is 4.51. The Labute approximate surface area is 134 Å². The molecule has 0 bridgehead atoms. The maximum Gasteiger partial charge on any atom is 0.252 e. The molecule has 0 spiro atoms. The maximum absolute atomic E-state index is 13.9. The first-order valence-corrected chi connectivity index (χ1v) is 7.82. The summed E-state index contributed by atoms with van der Waals surface area (Å²) in [5, 5.41) is 3.42. The van der Waals surface area contributed by atoms with Gasteiger partial charge in [0.2, 0.25) is 5.91 Å². The zero-order valence-corrected chi connectivity index (χ0v) is 13.3. The lowest BCUT2D eigenvalue weighted by Crippen LogP contribution is -2.53. The topological polar surface area (TPSA) is 55.1 Å². The molecule has 0 radical (unpaired) electrons. The fourth-order valence-electron chi connectivity index (χ4n) is 2.88. The number of alkyl halides is 2. The number of halogens is 3. The van der Waals surface area contributed by atoms with Gasteiger partial charge in [-0.1, -0.05) is 30.2 Å². The Morgan fingerprint density at radius 2 is 2.23 bits per heavy atom. The van der Waals surface area contributed by atoms with E-state index < -0.39 is 23.3 Å². The Morgan fingerprint density at radius 1 is 1.50 bits per heavy atom. The number of benzene rings is 1. The molecule has 0 heterocycles. The quantitative estimate of drug-likeness (QED) is 0.868. The summed E-state index contributed by atoms with van der Waals surface area (Å²) in [4.78, 5) is 11.9. The van der Waals surface area contributed by atoms with Crippen LogP contribution in [0.2, 0.25) is 5.02 Å². The van der Waals surface area contributed by atoms with Crippen molar-refractivity contribution in [3.8, 4) is 0 Å². The molecule has 2 rings (SSSR count). The molecule has 3 N–H and O–H groups in total. The van der Waals surface area contributed by atoms with Gasteiger partial charge in [-0.3, -0.25) is 10.1 Å². The molecule has 6 heteroatoms. The molecule has 1 fully saturated rings. The highest BCUT2D eigenvalue weighted by molar-refractivity contribution is 6.30. The Morgan fingerprint density at radius 3 is 2.82 bits per heavy atom. The monoisotopic (exact) mass is 330 g/mol. The molecule has 1 aromatic rings. The lowest BCUT2D eigenvalue weighted by Gasteiger charge is -2.35. The van der Waals surface area contributed by atoms with E-state index in [1.54, 1.807) is 31.2 Å². The van der Waals surface area contributed by atoms with Gasteiger partial charge in [-0.15, -0.1) is 0 Å². The van der Waals surface area contributed by atoms with Crippen LogP contribution in [0.15, 0.2) is 24.3 Å². The third-order valence-corrected chi connectivity index (χ3v) is 4.74. The van der Waals surface area contributed by atoms with Crippen molar-refractivity contribution >= 4 is 17.5 Å². The van der Waals surface area contributed by atoms with E-state index in [1.165, 1.54) is 0 Å². The van der Waals surface area contributed by atoms with Crippen molar-refractivity contribution < 1.29 is 13.6 Å². The first kappa shape index (κ1) is 17.2. The third kappa shape index (κ3) is 3.58. The molecule has 0 saturated heterocycles. The minimum Gasteiger partial charge on any atom is -0.368 e. The number of carbonyl (C=O) groups is 1. The van der Waals surface area contributed by atoms with E-state index in [4.69, 9.17) is 17.3 Å². The van der Waals surface area contributed by atoms with Crippen molar-refractivity contribution in [2.24, 2.45) is 11.7 Å². The lowest BCUT2D eigenvalue weighted by atomic mass is 9.84. The van der Waals surface area contributed by atoms with Crippen molar-refractivity contribution in [2.45, 2.75) is 44.1 Å². The number of nitrogens with one attached hydrogen (secondary N) is 1. The minimum atomic E-state index is -2.70. The van der Waals surface area contributed by atoms with Crippen molar-refractivity contribution in [3.63, 3.8) is 0 Å². The van der Waals surface area contributed by atoms with E-state index in [1.807, 2.05) is 0 Å². The summed E-state index contributed by atoms with van der Waals surface area (Å²) in [6.07, 6.45) is 1.69. The Hall–Kier alpha value is -1.20. The molecule has 3 nitrogen and oxygen atoms in total. The SMILES string of the molecule is CC(NCC1CCCCC1(F)F)(C(N)=O)c1cccc(Cl)c1. The number of hydrogen-bond donors (Lipinski definition) is 2. The molecule has 1 amide bonds. The second-order valence-electron chi connectivity index (χ2n) is 6.08. The van der Waals surface area contributed by atoms with Gasteiger partial charge < -0.3 is 5.73 Å². The number of primary amides is 1. The van der Waals surface area contributed by atoms with Gasteiger partial charge in [-0.05, 0) is 37.5 Å². The minimum absolute atomic E-state index is 0.0406. The molecule has 2 unspecified atom stereocenters. The van der Waals surface area contributed by atoms with Crippen LogP contribution in [0.3, 0.4) is 0 Å². The van der Waals surface area contributed by atoms with Crippen molar-refractivity contribution in [1.29, 1.82) is 0 Å². The fraction of sp³-hybridized carbons (Fsp3) is 0.562. The molecule has 1 aliphatic carbocycles. The van der Waals surface area contributed by atoms with Gasteiger partial charge in [0, 0.05) is 23.9 Å². The molecule has 1 aromatic carbocycles. The lowest BCUT2D eigenvalue weighted by molar-refractivity contribution is -0.125. The smallest absolute Gasteiger partial charge is 0.252 e. The molecule has 122 valence electrons. The van der Waals surface area contributed by atoms with Crippen molar-refractivity contribution in [2.75, 3.05) is 6.54 Å². The van der Waals surface area contributed by atoms with Crippen LogP contribution in [-0.2, 0) is 10.3 Å². The van der Waals surface area contributed by atoms with Gasteiger partial charge in [0.05, 0.1) is 0 Å². The van der Waals surface area contributed by atoms with Crippen LogP contribution in [-0.4, -0.2) is 18.4 Å². The molecule has 1 saturated carbocycles. The molecule has 0 aliphatic heterocycles. The second-order valence-corrected chi connectivity index (χ2v) is 6.52. The van der Waals surface area contributed by atoms with Crippen LogP contribution in [0.5, 0.6) is 0 Å². The summed E-state index contributed by atoms with van der Waals surface area (Å²) in [6.45, 7) is 1.64. The number of carbonyl (C=O) groups excluding carboxylic acids is 1. The van der Waals surface area contributed by atoms with Crippen LogP contribution in [0.25, 0.3) is 0 Å². The summed E-state index contributed by atoms with van der Waals surface area (Å²) < 4.78 is 27.9. The van der Waals surface area contributed by atoms with Crippen LogP contribution >= 0.6 is 11.6 Å². The maximum atomic E-state index is 13.9. The molecule has 22 heavy (non-hydrogen) atoms. The highest BCUT2D eigenvalue weighted by atomic mass is 35.5. The Bertz CT molecular complexity index is 553. The summed E-state index contributed by atoms with van der Waals surface area (Å²) in [5.41, 5.74) is 4.86. The Balaban J connectivity index is 2.17. The number of nitrogens with two attached hydrogens (primary N) is 1. The molecule has 1 aliphatic rings. The second kappa shape index (κ2) is 6.50. The highest BCUT2D eigenvalue weighted by Crippen LogP contribution is 2.38. The predicted molar refractivity (Wildman–Crippen MR) is 82.9 cm³/mol. The highest BCUT2D eigenvalue weighted by Gasteiger charge is 2.43. The Kier molecular flexibility index (Phi) is 5.07. The summed E-state index contributed by atoms with van der Waals surface area (Å²) in [7, 11) is 0.